The fraction of sp³-hybridized carbons (Fsp3) is 0.462. The summed E-state index contributed by atoms with van der Waals surface area (Å²) in [5.41, 5.74) is 1.00. The molecule has 1 aromatic heterocycles. The van der Waals surface area contributed by atoms with Crippen LogP contribution in [0.15, 0.2) is 47.4 Å². The van der Waals surface area contributed by atoms with Gasteiger partial charge in [-0.3, -0.25) is 0 Å². The molecule has 1 heterocycles. The Bertz CT molecular complexity index is 1240. The molecule has 10 heteroatoms. The van der Waals surface area contributed by atoms with E-state index in [0.717, 1.165) is 35.1 Å². The quantitative estimate of drug-likeness (QED) is 0.457. The summed E-state index contributed by atoms with van der Waals surface area (Å²) in [6.07, 6.45) is 6.80. The van der Waals surface area contributed by atoms with E-state index in [9.17, 15) is 8.42 Å². The van der Waals surface area contributed by atoms with E-state index in [-0.39, 0.29) is 10.6 Å². The first kappa shape index (κ1) is 27.5. The van der Waals surface area contributed by atoms with Crippen molar-refractivity contribution in [2.24, 2.45) is 5.92 Å². The van der Waals surface area contributed by atoms with E-state index in [1.165, 1.54) is 59.4 Å². The van der Waals surface area contributed by atoms with E-state index in [0.29, 0.717) is 5.75 Å². The van der Waals surface area contributed by atoms with Crippen molar-refractivity contribution < 1.29 is 17.9 Å². The second kappa shape index (κ2) is 12.7. The number of anilines is 2. The molecule has 2 aromatic carbocycles. The number of nitrogens with one attached hydrogen (secondary N) is 2. The van der Waals surface area contributed by atoms with Gasteiger partial charge in [0.15, 0.2) is 0 Å². The third kappa shape index (κ3) is 6.98. The van der Waals surface area contributed by atoms with Gasteiger partial charge in [-0.1, -0.05) is 31.4 Å². The van der Waals surface area contributed by atoms with E-state index < -0.39 is 10.0 Å². The van der Waals surface area contributed by atoms with Gasteiger partial charge in [0.25, 0.3) is 0 Å². The van der Waals surface area contributed by atoms with Crippen LogP contribution < -0.4 is 24.4 Å². The molecule has 1 aliphatic rings. The van der Waals surface area contributed by atoms with Crippen LogP contribution in [-0.4, -0.2) is 60.3 Å². The van der Waals surface area contributed by atoms with E-state index >= 15 is 0 Å². The smallest absolute Gasteiger partial charge is 0.244 e. The molecule has 36 heavy (non-hydrogen) atoms. The molecular formula is C26H37N5O4S. The Labute approximate surface area is 214 Å². The van der Waals surface area contributed by atoms with Crippen molar-refractivity contribution in [2.45, 2.75) is 37.0 Å². The first-order chi connectivity index (χ1) is 17.3. The highest BCUT2D eigenvalue weighted by molar-refractivity contribution is 7.89. The average Bonchev–Trinajstić information content (AvgIpc) is 2.91. The Hall–Kier alpha value is -3.11. The minimum atomic E-state index is -3.53. The molecule has 0 spiro atoms. The van der Waals surface area contributed by atoms with E-state index in [1.54, 1.807) is 12.1 Å². The predicted octanol–water partition coefficient (Wildman–Crippen LogP) is 4.30. The van der Waals surface area contributed by atoms with E-state index in [4.69, 9.17) is 9.47 Å². The second-order valence-corrected chi connectivity index (χ2v) is 10.7. The van der Waals surface area contributed by atoms with Crippen molar-refractivity contribution in [3.05, 3.63) is 42.5 Å². The molecule has 0 bridgehead atoms. The molecular weight excluding hydrogens is 478 g/mol. The van der Waals surface area contributed by atoms with Crippen molar-refractivity contribution in [2.75, 3.05) is 52.1 Å². The van der Waals surface area contributed by atoms with Crippen molar-refractivity contribution in [3.63, 3.8) is 0 Å². The Morgan fingerprint density at radius 2 is 1.72 bits per heavy atom. The average molecular weight is 516 g/mol. The van der Waals surface area contributed by atoms with Gasteiger partial charge >= 0.3 is 0 Å². The Kier molecular flexibility index (Phi) is 9.72. The van der Waals surface area contributed by atoms with Gasteiger partial charge < -0.3 is 19.7 Å². The molecule has 4 rings (SSSR count). The standard InChI is InChI=1S/C17H24N4.C9H13NO4S/c1-21(2)16-14-10-6-7-11-15(14)19-17(20-16)18-12-13-8-4-3-5-9-13;1-10-15(11,12)9-6-7(13-2)4-5-8(9)14-3/h6-7,10-11,13H,3-5,8-9,12H2,1-2H3,(H,18,19,20);4-6,10H,1-3H3. The zero-order valence-electron chi connectivity index (χ0n) is 21.7. The van der Waals surface area contributed by atoms with Crippen LogP contribution >= 0.6 is 0 Å². The van der Waals surface area contributed by atoms with Crippen molar-refractivity contribution >= 4 is 32.7 Å². The molecule has 0 amide bonds. The summed E-state index contributed by atoms with van der Waals surface area (Å²) in [7, 11) is 4.75. The molecule has 0 atom stereocenters. The summed E-state index contributed by atoms with van der Waals surface area (Å²) in [4.78, 5) is 11.5. The number of hydrogen-bond acceptors (Lipinski definition) is 8. The van der Waals surface area contributed by atoms with Gasteiger partial charge in [0.05, 0.1) is 19.7 Å². The van der Waals surface area contributed by atoms with Gasteiger partial charge in [-0.15, -0.1) is 0 Å². The van der Waals surface area contributed by atoms with Gasteiger partial charge in [-0.05, 0) is 50.1 Å². The number of fused-ring (bicyclic) bond motifs is 1. The molecule has 0 radical (unpaired) electrons. The number of ether oxygens (including phenoxy) is 2. The Morgan fingerprint density at radius 1 is 1.00 bits per heavy atom. The lowest BCUT2D eigenvalue weighted by Crippen LogP contribution is -2.19. The van der Waals surface area contributed by atoms with Crippen molar-refractivity contribution in [1.82, 2.24) is 14.7 Å². The number of hydrogen-bond donors (Lipinski definition) is 2. The maximum Gasteiger partial charge on any atom is 0.244 e. The zero-order valence-corrected chi connectivity index (χ0v) is 22.6. The number of aromatic nitrogens is 2. The number of nitrogens with zero attached hydrogens (tertiary/aromatic N) is 3. The Morgan fingerprint density at radius 3 is 2.36 bits per heavy atom. The third-order valence-corrected chi connectivity index (χ3v) is 7.64. The fourth-order valence-corrected chi connectivity index (χ4v) is 5.12. The Balaban J connectivity index is 0.000000214. The summed E-state index contributed by atoms with van der Waals surface area (Å²) >= 11 is 0. The monoisotopic (exact) mass is 515 g/mol. The van der Waals surface area contributed by atoms with Crippen LogP contribution in [-0.2, 0) is 10.0 Å². The minimum absolute atomic E-state index is 0.0619. The molecule has 0 aliphatic heterocycles. The third-order valence-electron chi connectivity index (χ3n) is 6.21. The molecule has 1 saturated carbocycles. The maximum absolute atomic E-state index is 11.6. The summed E-state index contributed by atoms with van der Waals surface area (Å²) in [5.74, 6) is 3.25. The van der Waals surface area contributed by atoms with Crippen LogP contribution in [0.2, 0.25) is 0 Å². The number of benzene rings is 2. The summed E-state index contributed by atoms with van der Waals surface area (Å²) < 4.78 is 35.3. The molecule has 0 unspecified atom stereocenters. The number of para-hydroxylation sites is 1. The lowest BCUT2D eigenvalue weighted by atomic mass is 9.89. The summed E-state index contributed by atoms with van der Waals surface area (Å²) in [6.45, 7) is 0.991. The fourth-order valence-electron chi connectivity index (χ4n) is 4.21. The molecule has 0 saturated heterocycles. The van der Waals surface area contributed by atoms with Crippen molar-refractivity contribution in [3.8, 4) is 11.5 Å². The van der Waals surface area contributed by atoms with Crippen LogP contribution in [0, 0.1) is 5.92 Å². The maximum atomic E-state index is 11.6. The summed E-state index contributed by atoms with van der Waals surface area (Å²) in [5, 5.41) is 4.56. The molecule has 2 N–H and O–H groups in total. The lowest BCUT2D eigenvalue weighted by molar-refractivity contribution is 0.373. The highest BCUT2D eigenvalue weighted by atomic mass is 32.2. The first-order valence-corrected chi connectivity index (χ1v) is 13.6. The van der Waals surface area contributed by atoms with Crippen LogP contribution in [0.4, 0.5) is 11.8 Å². The van der Waals surface area contributed by atoms with Gasteiger partial charge in [0.1, 0.15) is 22.2 Å². The summed E-state index contributed by atoms with van der Waals surface area (Å²) in [6, 6.07) is 12.8. The van der Waals surface area contributed by atoms with Gasteiger partial charge in [-0.2, -0.15) is 4.98 Å². The number of methoxy groups -OCH3 is 2. The molecule has 196 valence electrons. The molecule has 1 aliphatic carbocycles. The van der Waals surface area contributed by atoms with Gasteiger partial charge in [-0.25, -0.2) is 18.1 Å². The highest BCUT2D eigenvalue weighted by Gasteiger charge is 2.18. The van der Waals surface area contributed by atoms with Crippen LogP contribution in [0.1, 0.15) is 32.1 Å². The predicted molar refractivity (Wildman–Crippen MR) is 145 cm³/mol. The second-order valence-electron chi connectivity index (χ2n) is 8.89. The normalized spacial score (nSPS) is 14.0. The highest BCUT2D eigenvalue weighted by Crippen LogP contribution is 2.28. The van der Waals surface area contributed by atoms with Crippen LogP contribution in [0.5, 0.6) is 11.5 Å². The lowest BCUT2D eigenvalue weighted by Gasteiger charge is -2.22. The van der Waals surface area contributed by atoms with E-state index in [1.807, 2.05) is 26.2 Å². The topological polar surface area (TPSA) is 106 Å². The van der Waals surface area contributed by atoms with Crippen molar-refractivity contribution in [1.29, 1.82) is 0 Å². The number of sulfonamides is 1. The van der Waals surface area contributed by atoms with Gasteiger partial charge in [0, 0.05) is 32.1 Å². The zero-order chi connectivity index (χ0) is 26.1. The first-order valence-electron chi connectivity index (χ1n) is 12.1. The number of rotatable bonds is 8. The largest absolute Gasteiger partial charge is 0.497 e. The van der Waals surface area contributed by atoms with Crippen LogP contribution in [0.25, 0.3) is 10.9 Å². The molecule has 1 fully saturated rings. The van der Waals surface area contributed by atoms with Crippen LogP contribution in [0.3, 0.4) is 0 Å². The van der Waals surface area contributed by atoms with Gasteiger partial charge in [0.2, 0.25) is 16.0 Å². The molecule has 3 aromatic rings. The molecule has 9 nitrogen and oxygen atoms in total. The van der Waals surface area contributed by atoms with E-state index in [2.05, 4.69) is 37.0 Å². The SMILES string of the molecule is CN(C)c1nc(NCC2CCCCC2)nc2ccccc12.CNS(=O)(=O)c1cc(OC)ccc1OC. The minimum Gasteiger partial charge on any atom is -0.497 e.